The van der Waals surface area contributed by atoms with Gasteiger partial charge in [-0.05, 0) is 61.9 Å². The summed E-state index contributed by atoms with van der Waals surface area (Å²) in [6.07, 6.45) is 1.71. The molecule has 2 aromatic carbocycles. The number of carbonyl (C=O) groups is 2. The van der Waals surface area contributed by atoms with Gasteiger partial charge in [0.15, 0.2) is 12.4 Å². The molecule has 0 aliphatic rings. The molecule has 1 aromatic heterocycles. The third kappa shape index (κ3) is 3.83. The van der Waals surface area contributed by atoms with Crippen molar-refractivity contribution in [2.75, 3.05) is 11.9 Å². The second-order valence-electron chi connectivity index (χ2n) is 5.75. The van der Waals surface area contributed by atoms with Gasteiger partial charge in [0.2, 0.25) is 0 Å². The molecule has 1 heterocycles. The first kappa shape index (κ1) is 16.6. The number of amides is 1. The van der Waals surface area contributed by atoms with Crippen LogP contribution in [0.1, 0.15) is 22.8 Å². The van der Waals surface area contributed by atoms with Crippen LogP contribution in [0, 0.1) is 6.92 Å². The maximum Gasteiger partial charge on any atom is 0.262 e. The molecule has 0 bridgehead atoms. The number of pyridine rings is 1. The molecule has 5 nitrogen and oxygen atoms in total. The smallest absolute Gasteiger partial charge is 0.262 e. The normalized spacial score (nSPS) is 10.5. The molecular formula is C20H18N2O3. The summed E-state index contributed by atoms with van der Waals surface area (Å²) in [5.41, 5.74) is 2.93. The van der Waals surface area contributed by atoms with Crippen LogP contribution in [-0.2, 0) is 4.79 Å². The number of hydrogen-bond donors (Lipinski definition) is 1. The van der Waals surface area contributed by atoms with Crippen LogP contribution in [0.2, 0.25) is 0 Å². The van der Waals surface area contributed by atoms with Crippen molar-refractivity contribution in [1.82, 2.24) is 4.98 Å². The minimum absolute atomic E-state index is 0.00303. The number of rotatable bonds is 5. The van der Waals surface area contributed by atoms with Gasteiger partial charge in [-0.2, -0.15) is 0 Å². The van der Waals surface area contributed by atoms with Gasteiger partial charge in [0.25, 0.3) is 5.91 Å². The third-order valence-corrected chi connectivity index (χ3v) is 3.85. The second kappa shape index (κ2) is 7.13. The molecule has 0 saturated carbocycles. The molecule has 1 N–H and O–H groups in total. The molecule has 0 radical (unpaired) electrons. The largest absolute Gasteiger partial charge is 0.483 e. The maximum absolute atomic E-state index is 12.1. The van der Waals surface area contributed by atoms with Gasteiger partial charge in [-0.1, -0.05) is 6.07 Å². The molecule has 1 amide bonds. The summed E-state index contributed by atoms with van der Waals surface area (Å²) in [6.45, 7) is 3.25. The predicted molar refractivity (Wildman–Crippen MR) is 97.1 cm³/mol. The first-order chi connectivity index (χ1) is 12.0. The topological polar surface area (TPSA) is 68.3 Å². The lowest BCUT2D eigenvalue weighted by molar-refractivity contribution is -0.118. The Kier molecular flexibility index (Phi) is 4.75. The lowest BCUT2D eigenvalue weighted by Crippen LogP contribution is -2.20. The predicted octanol–water partition coefficient (Wildman–Crippen LogP) is 3.76. The van der Waals surface area contributed by atoms with Gasteiger partial charge in [0.05, 0.1) is 5.52 Å². The number of ether oxygens (including phenoxy) is 1. The highest BCUT2D eigenvalue weighted by molar-refractivity contribution is 5.97. The molecule has 3 rings (SSSR count). The molecule has 0 aliphatic heterocycles. The number of nitrogens with zero attached hydrogens (tertiary/aromatic N) is 1. The Labute approximate surface area is 145 Å². The Bertz CT molecular complexity index is 945. The highest BCUT2D eigenvalue weighted by Crippen LogP contribution is 2.23. The minimum Gasteiger partial charge on any atom is -0.483 e. The molecule has 0 spiro atoms. The Morgan fingerprint density at radius 2 is 1.96 bits per heavy atom. The molecule has 3 aromatic rings. The van der Waals surface area contributed by atoms with E-state index in [1.54, 1.807) is 24.4 Å². The summed E-state index contributed by atoms with van der Waals surface area (Å²) in [7, 11) is 0. The van der Waals surface area contributed by atoms with E-state index in [1.807, 2.05) is 37.3 Å². The zero-order valence-corrected chi connectivity index (χ0v) is 14.1. The molecule has 126 valence electrons. The summed E-state index contributed by atoms with van der Waals surface area (Å²) in [5, 5.41) is 3.64. The van der Waals surface area contributed by atoms with Crippen LogP contribution in [0.4, 0.5) is 5.69 Å². The molecule has 0 fully saturated rings. The van der Waals surface area contributed by atoms with Crippen molar-refractivity contribution in [3.8, 4) is 5.75 Å². The van der Waals surface area contributed by atoms with Crippen molar-refractivity contribution in [3.63, 3.8) is 0 Å². The lowest BCUT2D eigenvalue weighted by atomic mass is 10.0. The van der Waals surface area contributed by atoms with Crippen LogP contribution < -0.4 is 10.1 Å². The summed E-state index contributed by atoms with van der Waals surface area (Å²) < 4.78 is 5.64. The van der Waals surface area contributed by atoms with E-state index in [9.17, 15) is 9.59 Å². The average molecular weight is 334 g/mol. The zero-order valence-electron chi connectivity index (χ0n) is 14.1. The van der Waals surface area contributed by atoms with Crippen LogP contribution in [0.15, 0.2) is 54.7 Å². The molecule has 5 heteroatoms. The van der Waals surface area contributed by atoms with Crippen molar-refractivity contribution in [3.05, 3.63) is 65.9 Å². The number of fused-ring (bicyclic) bond motifs is 1. The molecular weight excluding hydrogens is 316 g/mol. The fraction of sp³-hybridized carbons (Fsp3) is 0.150. The van der Waals surface area contributed by atoms with Gasteiger partial charge in [0, 0.05) is 22.8 Å². The first-order valence-electron chi connectivity index (χ1n) is 7.92. The van der Waals surface area contributed by atoms with Crippen LogP contribution in [0.25, 0.3) is 10.9 Å². The highest BCUT2D eigenvalue weighted by Gasteiger charge is 2.09. The van der Waals surface area contributed by atoms with E-state index in [2.05, 4.69) is 10.3 Å². The Hall–Kier alpha value is -3.21. The number of anilines is 1. The van der Waals surface area contributed by atoms with E-state index in [0.29, 0.717) is 17.0 Å². The first-order valence-corrected chi connectivity index (χ1v) is 7.92. The summed E-state index contributed by atoms with van der Waals surface area (Å²) in [4.78, 5) is 27.8. The fourth-order valence-corrected chi connectivity index (χ4v) is 2.68. The number of carbonyl (C=O) groups excluding carboxylic acids is 2. The van der Waals surface area contributed by atoms with Crippen molar-refractivity contribution in [2.24, 2.45) is 0 Å². The van der Waals surface area contributed by atoms with Gasteiger partial charge in [-0.15, -0.1) is 0 Å². The van der Waals surface area contributed by atoms with Crippen molar-refractivity contribution < 1.29 is 14.3 Å². The van der Waals surface area contributed by atoms with E-state index in [4.69, 9.17) is 4.74 Å². The van der Waals surface area contributed by atoms with Gasteiger partial charge < -0.3 is 10.1 Å². The Morgan fingerprint density at radius 3 is 2.72 bits per heavy atom. The average Bonchev–Trinajstić information content (AvgIpc) is 2.59. The van der Waals surface area contributed by atoms with Gasteiger partial charge in [-0.25, -0.2) is 0 Å². The van der Waals surface area contributed by atoms with E-state index < -0.39 is 0 Å². The molecule has 0 unspecified atom stereocenters. The zero-order chi connectivity index (χ0) is 17.8. The van der Waals surface area contributed by atoms with Crippen LogP contribution in [0.3, 0.4) is 0 Å². The summed E-state index contributed by atoms with van der Waals surface area (Å²) in [6, 6.07) is 14.5. The number of aromatic nitrogens is 1. The van der Waals surface area contributed by atoms with Crippen molar-refractivity contribution in [2.45, 2.75) is 13.8 Å². The number of hydrogen-bond acceptors (Lipinski definition) is 4. The van der Waals surface area contributed by atoms with Crippen molar-refractivity contribution in [1.29, 1.82) is 0 Å². The van der Waals surface area contributed by atoms with Crippen LogP contribution in [0.5, 0.6) is 5.75 Å². The maximum atomic E-state index is 12.1. The number of Topliss-reactive ketones (excluding diaryl/α,β-unsaturated/α-hetero) is 1. The molecule has 25 heavy (non-hydrogen) atoms. The van der Waals surface area contributed by atoms with Gasteiger partial charge >= 0.3 is 0 Å². The van der Waals surface area contributed by atoms with E-state index in [-0.39, 0.29) is 18.3 Å². The van der Waals surface area contributed by atoms with E-state index in [0.717, 1.165) is 16.5 Å². The number of ketones is 1. The van der Waals surface area contributed by atoms with E-state index in [1.165, 1.54) is 6.92 Å². The fourth-order valence-electron chi connectivity index (χ4n) is 2.68. The van der Waals surface area contributed by atoms with Crippen LogP contribution >= 0.6 is 0 Å². The second-order valence-corrected chi connectivity index (χ2v) is 5.75. The Morgan fingerprint density at radius 1 is 1.12 bits per heavy atom. The van der Waals surface area contributed by atoms with Crippen molar-refractivity contribution >= 4 is 28.3 Å². The summed E-state index contributed by atoms with van der Waals surface area (Å²) in [5.74, 6) is 0.350. The molecule has 0 aliphatic carbocycles. The molecule has 0 saturated heterocycles. The van der Waals surface area contributed by atoms with Gasteiger partial charge in [-0.3, -0.25) is 14.6 Å². The Balaban J connectivity index is 1.67. The quantitative estimate of drug-likeness (QED) is 0.721. The number of benzene rings is 2. The molecule has 0 atom stereocenters. The number of aryl methyl sites for hydroxylation is 1. The third-order valence-electron chi connectivity index (χ3n) is 3.85. The minimum atomic E-state index is -0.268. The lowest BCUT2D eigenvalue weighted by Gasteiger charge is -2.10. The summed E-state index contributed by atoms with van der Waals surface area (Å²) >= 11 is 0. The highest BCUT2D eigenvalue weighted by atomic mass is 16.5. The van der Waals surface area contributed by atoms with Gasteiger partial charge in [0.1, 0.15) is 5.75 Å². The van der Waals surface area contributed by atoms with E-state index >= 15 is 0 Å². The number of nitrogens with one attached hydrogen (secondary N) is 1. The SMILES string of the molecule is CC(=O)c1ccc(NC(=O)COc2cccc3ncccc23)cc1C. The van der Waals surface area contributed by atoms with Crippen LogP contribution in [-0.4, -0.2) is 23.3 Å². The standard InChI is InChI=1S/C20H18N2O3/c1-13-11-15(8-9-16(13)14(2)23)22-20(24)12-25-19-7-3-6-18-17(19)5-4-10-21-18/h3-11H,12H2,1-2H3,(H,22,24). The monoisotopic (exact) mass is 334 g/mol.